The molecule has 4 heteroatoms. The number of hydrogen-bond donors (Lipinski definition) is 0. The second kappa shape index (κ2) is 16.5. The zero-order valence-corrected chi connectivity index (χ0v) is 6.23. The van der Waals surface area contributed by atoms with Crippen LogP contribution in [-0.2, 0) is 21.4 Å². The van der Waals surface area contributed by atoms with E-state index in [2.05, 4.69) is 3.66 Å². The van der Waals surface area contributed by atoms with E-state index >= 15 is 0 Å². The van der Waals surface area contributed by atoms with Crippen LogP contribution in [0.3, 0.4) is 0 Å². The van der Waals surface area contributed by atoms with Gasteiger partial charge in [-0.25, -0.2) is 0 Å². The van der Waals surface area contributed by atoms with Crippen molar-refractivity contribution in [3.8, 4) is 0 Å². The van der Waals surface area contributed by atoms with E-state index in [0.717, 1.165) is 6.61 Å². The molecular formula is C2H5Cl2OV. The molecule has 0 amide bonds. The molecule has 0 aliphatic heterocycles. The molecule has 0 aromatic rings. The molecule has 0 unspecified atom stereocenters. The van der Waals surface area contributed by atoms with Gasteiger partial charge in [-0.05, 0) is 0 Å². The van der Waals surface area contributed by atoms with Gasteiger partial charge in [-0.3, -0.25) is 0 Å². The summed E-state index contributed by atoms with van der Waals surface area (Å²) in [6.45, 7) is 2.73. The summed E-state index contributed by atoms with van der Waals surface area (Å²) in [5.74, 6) is 0. The molecule has 0 fully saturated rings. The maximum absolute atomic E-state index is 4.48. The van der Waals surface area contributed by atoms with Gasteiger partial charge in [-0.2, -0.15) is 0 Å². The van der Waals surface area contributed by atoms with Gasteiger partial charge >= 0.3 is 35.0 Å². The number of rotatable bonds is 1. The zero-order chi connectivity index (χ0) is 3.41. The molecule has 1 nitrogen and oxygen atoms in total. The summed E-state index contributed by atoms with van der Waals surface area (Å²) in [5, 5.41) is 0. The van der Waals surface area contributed by atoms with Gasteiger partial charge in [0.15, 0.2) is 0 Å². The Morgan fingerprint density at radius 1 is 1.50 bits per heavy atom. The molecule has 0 spiro atoms. The molecule has 0 aliphatic carbocycles. The Kier molecular flexibility index (Phi) is 43.1. The molecule has 0 saturated heterocycles. The molecule has 0 bridgehead atoms. The van der Waals surface area contributed by atoms with Crippen molar-refractivity contribution in [3.05, 3.63) is 0 Å². The first kappa shape index (κ1) is 15.7. The third-order valence-corrected chi connectivity index (χ3v) is 0.532. The third-order valence-electron chi connectivity index (χ3n) is 0.129. The Labute approximate surface area is 60.0 Å². The Hall–Kier alpha value is 1.12. The normalized spacial score (nSPS) is 4.67. The zero-order valence-electron chi connectivity index (χ0n) is 3.32. The first-order valence-electron chi connectivity index (χ1n) is 1.18. The molecule has 6 heavy (non-hydrogen) atoms. The van der Waals surface area contributed by atoms with Crippen LogP contribution < -0.4 is 24.8 Å². The summed E-state index contributed by atoms with van der Waals surface area (Å²) < 4.78 is 4.48. The maximum atomic E-state index is 4.48. The minimum absolute atomic E-state index is 0. The molecule has 0 saturated carbocycles. The molecule has 0 aromatic carbocycles. The standard InChI is InChI=1S/C2H5O.2ClH.V/c1-2-3;;;/h2H2,1H3;2*1H;/q-1;;;+3/p-2. The van der Waals surface area contributed by atoms with Crippen molar-refractivity contribution >= 4 is 0 Å². The van der Waals surface area contributed by atoms with Crippen molar-refractivity contribution in [3.63, 3.8) is 0 Å². The van der Waals surface area contributed by atoms with Crippen LogP contribution in [0.4, 0.5) is 0 Å². The van der Waals surface area contributed by atoms with Crippen LogP contribution in [0, 0.1) is 0 Å². The third kappa shape index (κ3) is 19.3. The average molecular weight is 167 g/mol. The summed E-state index contributed by atoms with van der Waals surface area (Å²) in [6, 6.07) is 0. The molecule has 0 aromatic heterocycles. The van der Waals surface area contributed by atoms with Gasteiger partial charge in [0.25, 0.3) is 0 Å². The van der Waals surface area contributed by atoms with Crippen molar-refractivity contribution in [1.29, 1.82) is 0 Å². The minimum atomic E-state index is 0. The summed E-state index contributed by atoms with van der Waals surface area (Å²) in [5.41, 5.74) is 0. The SMILES string of the molecule is CC[O][V+2].[Cl-].[Cl-]. The summed E-state index contributed by atoms with van der Waals surface area (Å²) >= 11 is 2.04. The van der Waals surface area contributed by atoms with Gasteiger partial charge in [0.1, 0.15) is 0 Å². The minimum Gasteiger partial charge on any atom is -1.00 e. The fourth-order valence-electron chi connectivity index (χ4n) is 0. The predicted molar refractivity (Wildman–Crippen MR) is 11.6 cm³/mol. The Morgan fingerprint density at radius 3 is 1.67 bits per heavy atom. The summed E-state index contributed by atoms with van der Waals surface area (Å²) in [4.78, 5) is 0. The molecule has 0 radical (unpaired) electrons. The van der Waals surface area contributed by atoms with Crippen LogP contribution in [0.15, 0.2) is 0 Å². The van der Waals surface area contributed by atoms with E-state index < -0.39 is 0 Å². The maximum Gasteiger partial charge on any atom is -1.00 e. The van der Waals surface area contributed by atoms with E-state index in [1.54, 1.807) is 0 Å². The van der Waals surface area contributed by atoms with E-state index in [-0.39, 0.29) is 24.8 Å². The monoisotopic (exact) mass is 166 g/mol. The molecule has 0 atom stereocenters. The van der Waals surface area contributed by atoms with Crippen LogP contribution >= 0.6 is 0 Å². The largest absolute Gasteiger partial charge is 1.00 e. The van der Waals surface area contributed by atoms with Crippen LogP contribution in [0.5, 0.6) is 0 Å². The van der Waals surface area contributed by atoms with Gasteiger partial charge in [-0.1, -0.05) is 0 Å². The summed E-state index contributed by atoms with van der Waals surface area (Å²) in [6.07, 6.45) is 0. The Bertz CT molecular complexity index is 13.5. The second-order valence-electron chi connectivity index (χ2n) is 0.418. The van der Waals surface area contributed by atoms with Crippen molar-refractivity contribution in [2.75, 3.05) is 6.61 Å². The smallest absolute Gasteiger partial charge is 1.00 e. The van der Waals surface area contributed by atoms with Crippen LogP contribution in [0.25, 0.3) is 0 Å². The van der Waals surface area contributed by atoms with E-state index in [0.29, 0.717) is 0 Å². The molecule has 0 rings (SSSR count). The van der Waals surface area contributed by atoms with Crippen LogP contribution in [0.1, 0.15) is 6.92 Å². The Morgan fingerprint density at radius 2 is 1.67 bits per heavy atom. The average Bonchev–Trinajstić information content (AvgIpc) is 1.37. The summed E-state index contributed by atoms with van der Waals surface area (Å²) in [7, 11) is 0. The number of halogens is 2. The molecule has 0 heterocycles. The van der Waals surface area contributed by atoms with Crippen LogP contribution in [-0.4, -0.2) is 6.61 Å². The first-order chi connectivity index (χ1) is 1.91. The fourth-order valence-corrected chi connectivity index (χ4v) is 0. The van der Waals surface area contributed by atoms with E-state index in [4.69, 9.17) is 0 Å². The molecular weight excluding hydrogens is 162 g/mol. The van der Waals surface area contributed by atoms with Gasteiger partial charge in [0.2, 0.25) is 0 Å². The van der Waals surface area contributed by atoms with Gasteiger partial charge in [0, 0.05) is 0 Å². The molecule has 0 aliphatic rings. The molecule has 0 N–H and O–H groups in total. The van der Waals surface area contributed by atoms with Gasteiger partial charge < -0.3 is 24.8 Å². The second-order valence-corrected chi connectivity index (χ2v) is 0.821. The van der Waals surface area contributed by atoms with Crippen molar-refractivity contribution < 1.29 is 46.3 Å². The van der Waals surface area contributed by atoms with Crippen molar-refractivity contribution in [1.82, 2.24) is 0 Å². The van der Waals surface area contributed by atoms with E-state index in [9.17, 15) is 0 Å². The predicted octanol–water partition coefficient (Wildman–Crippen LogP) is -5.51. The van der Waals surface area contributed by atoms with Gasteiger partial charge in [0.05, 0.1) is 0 Å². The fraction of sp³-hybridized carbons (Fsp3) is 1.00. The quantitative estimate of drug-likeness (QED) is 0.378. The van der Waals surface area contributed by atoms with E-state index in [1.807, 2.05) is 24.7 Å². The van der Waals surface area contributed by atoms with Crippen molar-refractivity contribution in [2.45, 2.75) is 6.92 Å². The topological polar surface area (TPSA) is 9.23 Å². The first-order valence-corrected chi connectivity index (χ1v) is 1.75. The van der Waals surface area contributed by atoms with Crippen molar-refractivity contribution in [2.24, 2.45) is 0 Å². The van der Waals surface area contributed by atoms with Gasteiger partial charge in [-0.15, -0.1) is 0 Å². The molecule has 38 valence electrons. The van der Waals surface area contributed by atoms with E-state index in [1.165, 1.54) is 0 Å². The Balaban J connectivity index is -0.0000000450. The van der Waals surface area contributed by atoms with Crippen LogP contribution in [0.2, 0.25) is 0 Å². The number of hydrogen-bond acceptors (Lipinski definition) is 1.